The fraction of sp³-hybridized carbons (Fsp3) is 0.263. The Morgan fingerprint density at radius 1 is 1.31 bits per heavy atom. The van der Waals surface area contributed by atoms with Crippen molar-refractivity contribution in [1.82, 2.24) is 3.97 Å². The third kappa shape index (κ3) is 2.72. The smallest absolute Gasteiger partial charge is 0.272 e. The number of nitrogens with zero attached hydrogens (tertiary/aromatic N) is 3. The number of halogens is 1. The molecule has 1 atom stereocenters. The van der Waals surface area contributed by atoms with Crippen LogP contribution in [0, 0.1) is 31.8 Å². The van der Waals surface area contributed by atoms with Crippen LogP contribution < -0.4 is 0 Å². The van der Waals surface area contributed by atoms with Gasteiger partial charge < -0.3 is 0 Å². The van der Waals surface area contributed by atoms with Gasteiger partial charge in [-0.05, 0) is 56.5 Å². The third-order valence-electron chi connectivity index (χ3n) is 4.47. The Morgan fingerprint density at radius 3 is 2.54 bits per heavy atom. The van der Waals surface area contributed by atoms with Gasteiger partial charge in [0.25, 0.3) is 10.0 Å². The van der Waals surface area contributed by atoms with Crippen LogP contribution in [0.3, 0.4) is 0 Å². The molecule has 1 unspecified atom stereocenters. The molecule has 2 aromatic rings. The van der Waals surface area contributed by atoms with Crippen molar-refractivity contribution in [2.75, 3.05) is 0 Å². The summed E-state index contributed by atoms with van der Waals surface area (Å²) < 4.78 is 27.7. The highest BCUT2D eigenvalue weighted by atomic mass is 35.5. The zero-order chi connectivity index (χ0) is 19.1. The van der Waals surface area contributed by atoms with E-state index in [9.17, 15) is 13.7 Å². The number of alkyl halides is 1. The molecule has 5 nitrogen and oxygen atoms in total. The maximum atomic E-state index is 13.2. The van der Waals surface area contributed by atoms with E-state index in [1.165, 1.54) is 3.97 Å². The number of fused-ring (bicyclic) bond motifs is 1. The van der Waals surface area contributed by atoms with E-state index >= 15 is 0 Å². The fourth-order valence-electron chi connectivity index (χ4n) is 3.22. The first-order valence-corrected chi connectivity index (χ1v) is 9.79. The van der Waals surface area contributed by atoms with Crippen LogP contribution in [0.5, 0.6) is 0 Å². The standard InChI is InChI=1S/C19H16ClN3O2S/c1-13-7-9-15(10-8-13)26(24,25)23-14(2)11-16-17(5-4-6-18(16)23)19(20,12-21)22-3/h5,7-11H,4,6H2,1-2H3. The molecule has 0 spiro atoms. The minimum absolute atomic E-state index is 0.198. The van der Waals surface area contributed by atoms with Crippen LogP contribution in [0.1, 0.15) is 28.9 Å². The molecule has 0 fully saturated rings. The molecule has 0 amide bonds. The monoisotopic (exact) mass is 385 g/mol. The van der Waals surface area contributed by atoms with Gasteiger partial charge >= 0.3 is 5.00 Å². The van der Waals surface area contributed by atoms with Crippen LogP contribution in [0.25, 0.3) is 10.4 Å². The molecule has 1 aromatic heterocycles. The SMILES string of the molecule is [C-]#[N+]C(Cl)(C#N)C1=CCCc2c1cc(C)n2S(=O)(=O)c1ccc(C)cc1. The fourth-order valence-corrected chi connectivity index (χ4v) is 5.00. The summed E-state index contributed by atoms with van der Waals surface area (Å²) in [6.45, 7) is 10.9. The van der Waals surface area contributed by atoms with Crippen LogP contribution in [0.2, 0.25) is 0 Å². The molecule has 0 bridgehead atoms. The first kappa shape index (κ1) is 18.3. The number of rotatable bonds is 3. The van der Waals surface area contributed by atoms with E-state index in [0.29, 0.717) is 35.4 Å². The molecule has 1 aliphatic rings. The summed E-state index contributed by atoms with van der Waals surface area (Å²) in [7, 11) is -3.78. The van der Waals surface area contributed by atoms with Crippen LogP contribution in [0.4, 0.5) is 0 Å². The second-order valence-electron chi connectivity index (χ2n) is 6.23. The summed E-state index contributed by atoms with van der Waals surface area (Å²) in [5.74, 6) is 0. The van der Waals surface area contributed by atoms with Gasteiger partial charge in [-0.25, -0.2) is 19.0 Å². The second-order valence-corrected chi connectivity index (χ2v) is 8.56. The van der Waals surface area contributed by atoms with E-state index in [2.05, 4.69) is 4.85 Å². The molecular weight excluding hydrogens is 370 g/mol. The van der Waals surface area contributed by atoms with Gasteiger partial charge in [-0.3, -0.25) is 4.85 Å². The van der Waals surface area contributed by atoms with Crippen molar-refractivity contribution in [3.05, 3.63) is 70.3 Å². The zero-order valence-corrected chi connectivity index (χ0v) is 15.9. The summed E-state index contributed by atoms with van der Waals surface area (Å²) in [5, 5.41) is 9.34. The van der Waals surface area contributed by atoms with E-state index in [0.717, 1.165) is 5.56 Å². The average molecular weight is 386 g/mol. The Labute approximate surface area is 158 Å². The average Bonchev–Trinajstić information content (AvgIpc) is 2.97. The first-order chi connectivity index (χ1) is 12.2. The minimum atomic E-state index is -3.78. The van der Waals surface area contributed by atoms with Gasteiger partial charge in [-0.1, -0.05) is 23.8 Å². The van der Waals surface area contributed by atoms with Crippen LogP contribution >= 0.6 is 11.6 Å². The Bertz CT molecular complexity index is 1080. The Kier molecular flexibility index (Phi) is 4.44. The molecular formula is C19H16ClN3O2S. The molecule has 0 saturated carbocycles. The number of benzene rings is 1. The number of hydrogen-bond acceptors (Lipinski definition) is 3. The van der Waals surface area contributed by atoms with Crippen LogP contribution in [-0.2, 0) is 16.4 Å². The maximum absolute atomic E-state index is 13.2. The van der Waals surface area contributed by atoms with Gasteiger partial charge in [-0.15, -0.1) is 0 Å². The molecule has 7 heteroatoms. The molecule has 1 aromatic carbocycles. The lowest BCUT2D eigenvalue weighted by Crippen LogP contribution is -2.22. The number of nitriles is 1. The quantitative estimate of drug-likeness (QED) is 0.454. The second kappa shape index (κ2) is 6.32. The molecule has 3 rings (SSSR count). The molecule has 132 valence electrons. The van der Waals surface area contributed by atoms with E-state index in [1.807, 2.05) is 13.0 Å². The normalized spacial score (nSPS) is 16.0. The van der Waals surface area contributed by atoms with E-state index in [-0.39, 0.29) is 4.90 Å². The van der Waals surface area contributed by atoms with Gasteiger partial charge in [0, 0.05) is 17.0 Å². The summed E-state index contributed by atoms with van der Waals surface area (Å²) in [5.41, 5.74) is 2.96. The van der Waals surface area contributed by atoms with Crippen molar-refractivity contribution in [2.45, 2.75) is 36.6 Å². The van der Waals surface area contributed by atoms with Crippen molar-refractivity contribution >= 4 is 27.2 Å². The highest BCUT2D eigenvalue weighted by Crippen LogP contribution is 2.41. The topological polar surface area (TPSA) is 67.2 Å². The lowest BCUT2D eigenvalue weighted by molar-refractivity contribution is 0.583. The number of aryl methyl sites for hydroxylation is 2. The number of hydrogen-bond donors (Lipinski definition) is 0. The highest BCUT2D eigenvalue weighted by molar-refractivity contribution is 7.90. The Hall–Kier alpha value is -2.54. The lowest BCUT2D eigenvalue weighted by Gasteiger charge is -2.19. The Morgan fingerprint density at radius 2 is 1.96 bits per heavy atom. The lowest BCUT2D eigenvalue weighted by atomic mass is 9.92. The van der Waals surface area contributed by atoms with Crippen molar-refractivity contribution in [1.29, 1.82) is 5.26 Å². The van der Waals surface area contributed by atoms with Gasteiger partial charge in [-0.2, -0.15) is 5.26 Å². The van der Waals surface area contributed by atoms with Crippen LogP contribution in [-0.4, -0.2) is 17.4 Å². The van der Waals surface area contributed by atoms with Crippen molar-refractivity contribution in [2.24, 2.45) is 0 Å². The summed E-state index contributed by atoms with van der Waals surface area (Å²) in [4.78, 5) is 1.61. The summed E-state index contributed by atoms with van der Waals surface area (Å²) in [6, 6.07) is 10.2. The van der Waals surface area contributed by atoms with E-state index < -0.39 is 15.0 Å². The summed E-state index contributed by atoms with van der Waals surface area (Å²) in [6.07, 6.45) is 2.76. The molecule has 0 saturated heterocycles. The highest BCUT2D eigenvalue weighted by Gasteiger charge is 2.43. The van der Waals surface area contributed by atoms with E-state index in [1.54, 1.807) is 43.3 Å². The van der Waals surface area contributed by atoms with Gasteiger partial charge in [0.05, 0.1) is 10.5 Å². The predicted octanol–water partition coefficient (Wildman–Crippen LogP) is 4.05. The van der Waals surface area contributed by atoms with Crippen molar-refractivity contribution in [3.8, 4) is 6.07 Å². The van der Waals surface area contributed by atoms with Gasteiger partial charge in [0.15, 0.2) is 6.07 Å². The maximum Gasteiger partial charge on any atom is 0.417 e. The molecule has 0 N–H and O–H groups in total. The minimum Gasteiger partial charge on any atom is -0.272 e. The molecule has 1 aliphatic carbocycles. The molecule has 26 heavy (non-hydrogen) atoms. The van der Waals surface area contributed by atoms with Gasteiger partial charge in [0.1, 0.15) is 0 Å². The van der Waals surface area contributed by atoms with Crippen LogP contribution in [0.15, 0.2) is 41.3 Å². The predicted molar refractivity (Wildman–Crippen MR) is 100 cm³/mol. The summed E-state index contributed by atoms with van der Waals surface area (Å²) >= 11 is 6.18. The van der Waals surface area contributed by atoms with Gasteiger partial charge in [0.2, 0.25) is 0 Å². The molecule has 0 radical (unpaired) electrons. The third-order valence-corrected chi connectivity index (χ3v) is 6.70. The molecule has 0 aliphatic heterocycles. The Balaban J connectivity index is 2.21. The number of aromatic nitrogens is 1. The molecule has 1 heterocycles. The van der Waals surface area contributed by atoms with Crippen molar-refractivity contribution < 1.29 is 8.42 Å². The first-order valence-electron chi connectivity index (χ1n) is 7.98. The number of allylic oxidation sites excluding steroid dienone is 1. The zero-order valence-electron chi connectivity index (χ0n) is 14.3. The largest absolute Gasteiger partial charge is 0.417 e. The van der Waals surface area contributed by atoms with E-state index in [4.69, 9.17) is 18.2 Å². The van der Waals surface area contributed by atoms with Crippen molar-refractivity contribution in [3.63, 3.8) is 0 Å².